The highest BCUT2D eigenvalue weighted by atomic mass is 32.2. The average molecular weight is 415 g/mol. The van der Waals surface area contributed by atoms with Gasteiger partial charge >= 0.3 is 11.9 Å². The fourth-order valence-corrected chi connectivity index (χ4v) is 4.22. The summed E-state index contributed by atoms with van der Waals surface area (Å²) in [5, 5.41) is 20.4. The van der Waals surface area contributed by atoms with Gasteiger partial charge in [0.2, 0.25) is 0 Å². The first-order valence-corrected chi connectivity index (χ1v) is 8.61. The van der Waals surface area contributed by atoms with Crippen molar-refractivity contribution >= 4 is 10.1 Å². The van der Waals surface area contributed by atoms with Gasteiger partial charge in [0.15, 0.2) is 11.8 Å². The zero-order valence-corrected chi connectivity index (χ0v) is 13.8. The molecule has 0 radical (unpaired) electrons. The number of aliphatic hydroxyl groups is 2. The standard InChI is InChI=1S/C12H12F3N3O8S/c13-12(14,15)4-1-18(10(22)17-8(4)21)9-7(20)11(6(2-19)25-9)5(16)3-27(23,24)26-11/h1,3,6-7,9,19-20H,2,16H2,(H,17,21,22)/t6-,7+,9-,11-/m1/s1. The van der Waals surface area contributed by atoms with Crippen molar-refractivity contribution in [3.63, 3.8) is 0 Å². The van der Waals surface area contributed by atoms with Gasteiger partial charge in [-0.25, -0.2) is 8.98 Å². The average Bonchev–Trinajstić information content (AvgIpc) is 2.93. The number of hydrogen-bond donors (Lipinski definition) is 4. The molecule has 3 heterocycles. The molecule has 1 fully saturated rings. The first kappa shape index (κ1) is 19.6. The van der Waals surface area contributed by atoms with Crippen LogP contribution in [0.3, 0.4) is 0 Å². The second kappa shape index (κ2) is 5.90. The van der Waals surface area contributed by atoms with E-state index in [0.29, 0.717) is 5.41 Å². The molecule has 5 N–H and O–H groups in total. The maximum absolute atomic E-state index is 12.9. The van der Waals surface area contributed by atoms with E-state index in [9.17, 15) is 41.4 Å². The largest absolute Gasteiger partial charge is 0.423 e. The molecule has 0 bridgehead atoms. The van der Waals surface area contributed by atoms with Gasteiger partial charge in [-0.1, -0.05) is 0 Å². The molecule has 2 aliphatic rings. The number of nitrogens with zero attached hydrogens (tertiary/aromatic N) is 1. The highest BCUT2D eigenvalue weighted by Gasteiger charge is 2.64. The molecule has 4 atom stereocenters. The molecule has 27 heavy (non-hydrogen) atoms. The number of nitrogens with one attached hydrogen (secondary N) is 1. The lowest BCUT2D eigenvalue weighted by Crippen LogP contribution is -2.53. The number of hydrogen-bond acceptors (Lipinski definition) is 9. The minimum absolute atomic E-state index is 0.103. The zero-order chi connectivity index (χ0) is 20.4. The summed E-state index contributed by atoms with van der Waals surface area (Å²) in [4.78, 5) is 24.7. The van der Waals surface area contributed by atoms with Crippen LogP contribution in [0.4, 0.5) is 13.2 Å². The van der Waals surface area contributed by atoms with Gasteiger partial charge in [0.05, 0.1) is 17.7 Å². The van der Waals surface area contributed by atoms with Crippen LogP contribution in [0.15, 0.2) is 26.9 Å². The van der Waals surface area contributed by atoms with Crippen LogP contribution >= 0.6 is 0 Å². The fraction of sp³-hybridized carbons (Fsp3) is 0.500. The summed E-state index contributed by atoms with van der Waals surface area (Å²) in [6.07, 6.45) is -10.7. The maximum atomic E-state index is 12.9. The van der Waals surface area contributed by atoms with Crippen molar-refractivity contribution < 1.29 is 40.7 Å². The Morgan fingerprint density at radius 1 is 1.37 bits per heavy atom. The third-order valence-corrected chi connectivity index (χ3v) is 5.23. The minimum atomic E-state index is -5.13. The molecule has 1 saturated heterocycles. The van der Waals surface area contributed by atoms with Gasteiger partial charge in [0.1, 0.15) is 17.8 Å². The molecule has 0 amide bonds. The Labute approximate surface area is 147 Å². The summed E-state index contributed by atoms with van der Waals surface area (Å²) in [6.45, 7) is -0.956. The van der Waals surface area contributed by atoms with Crippen LogP contribution < -0.4 is 17.0 Å². The second-order valence-corrected chi connectivity index (χ2v) is 7.18. The van der Waals surface area contributed by atoms with E-state index in [4.69, 9.17) is 14.7 Å². The van der Waals surface area contributed by atoms with Crippen LogP contribution in [-0.2, 0) is 25.2 Å². The van der Waals surface area contributed by atoms with E-state index < -0.39 is 69.4 Å². The monoisotopic (exact) mass is 415 g/mol. The van der Waals surface area contributed by atoms with Crippen LogP contribution in [0.5, 0.6) is 0 Å². The number of aromatic nitrogens is 2. The minimum Gasteiger partial charge on any atom is -0.399 e. The zero-order valence-electron chi connectivity index (χ0n) is 13.0. The number of H-pyrrole nitrogens is 1. The summed E-state index contributed by atoms with van der Waals surface area (Å²) in [7, 11) is -4.38. The quantitative estimate of drug-likeness (QED) is 0.387. The summed E-state index contributed by atoms with van der Waals surface area (Å²) in [6, 6.07) is 0. The number of nitrogens with two attached hydrogens (primary N) is 1. The normalized spacial score (nSPS) is 32.8. The molecule has 0 unspecified atom stereocenters. The molecule has 3 rings (SSSR count). The Morgan fingerprint density at radius 3 is 2.48 bits per heavy atom. The van der Waals surface area contributed by atoms with Crippen molar-refractivity contribution in [1.29, 1.82) is 0 Å². The number of aromatic amines is 1. The summed E-state index contributed by atoms with van der Waals surface area (Å²) >= 11 is 0. The van der Waals surface area contributed by atoms with E-state index in [0.717, 1.165) is 0 Å². The van der Waals surface area contributed by atoms with E-state index in [2.05, 4.69) is 0 Å². The van der Waals surface area contributed by atoms with Crippen LogP contribution in [-0.4, -0.2) is 52.6 Å². The molecule has 0 aliphatic carbocycles. The molecule has 0 saturated carbocycles. The molecule has 11 nitrogen and oxygen atoms in total. The fourth-order valence-electron chi connectivity index (χ4n) is 2.99. The number of aliphatic hydroxyl groups excluding tert-OH is 2. The number of ether oxygens (including phenoxy) is 1. The number of halogens is 3. The molecule has 15 heteroatoms. The number of rotatable bonds is 2. The van der Waals surface area contributed by atoms with Crippen LogP contribution in [0, 0.1) is 0 Å². The topological polar surface area (TPSA) is 174 Å². The molecule has 1 spiro atoms. The highest BCUT2D eigenvalue weighted by Crippen LogP contribution is 2.46. The lowest BCUT2D eigenvalue weighted by Gasteiger charge is -2.30. The lowest BCUT2D eigenvalue weighted by molar-refractivity contribution is -0.140. The summed E-state index contributed by atoms with van der Waals surface area (Å²) in [5.74, 6) is 0. The SMILES string of the molecule is NC1=CS(=O)(=O)O[C@@]12[C@@H](CO)O[C@@H](n1cc(C(F)(F)F)c(=O)[nH]c1=O)[C@@H]2O. The van der Waals surface area contributed by atoms with Gasteiger partial charge in [0, 0.05) is 6.20 Å². The molecule has 1 aromatic heterocycles. The molecule has 150 valence electrons. The molecule has 2 aliphatic heterocycles. The van der Waals surface area contributed by atoms with Gasteiger partial charge in [-0.15, -0.1) is 0 Å². The Bertz CT molecular complexity index is 1030. The Kier molecular flexibility index (Phi) is 4.27. The van der Waals surface area contributed by atoms with E-state index in [1.807, 2.05) is 0 Å². The first-order valence-electron chi connectivity index (χ1n) is 7.14. The first-order chi connectivity index (χ1) is 12.3. The summed E-state index contributed by atoms with van der Waals surface area (Å²) in [5.41, 5.74) is -2.20. The Morgan fingerprint density at radius 2 is 2.00 bits per heavy atom. The maximum Gasteiger partial charge on any atom is 0.423 e. The van der Waals surface area contributed by atoms with E-state index in [1.54, 1.807) is 0 Å². The van der Waals surface area contributed by atoms with E-state index in [1.165, 1.54) is 4.98 Å². The second-order valence-electron chi connectivity index (χ2n) is 5.79. The van der Waals surface area contributed by atoms with Crippen LogP contribution in [0.1, 0.15) is 11.8 Å². The van der Waals surface area contributed by atoms with Crippen LogP contribution in [0.25, 0.3) is 0 Å². The molecule has 1 aromatic rings. The van der Waals surface area contributed by atoms with E-state index >= 15 is 0 Å². The van der Waals surface area contributed by atoms with E-state index in [-0.39, 0.29) is 10.8 Å². The predicted molar refractivity (Wildman–Crippen MR) is 78.3 cm³/mol. The van der Waals surface area contributed by atoms with Gasteiger partial charge in [-0.2, -0.15) is 21.6 Å². The Hall–Kier alpha value is -2.20. The van der Waals surface area contributed by atoms with Gasteiger partial charge in [-0.3, -0.25) is 14.3 Å². The Balaban J connectivity index is 2.15. The van der Waals surface area contributed by atoms with Gasteiger partial charge in [0.25, 0.3) is 15.7 Å². The number of alkyl halides is 3. The van der Waals surface area contributed by atoms with Crippen molar-refractivity contribution in [2.75, 3.05) is 6.61 Å². The molecular formula is C12H12F3N3O8S. The third-order valence-electron chi connectivity index (χ3n) is 4.18. The van der Waals surface area contributed by atoms with Gasteiger partial charge < -0.3 is 20.7 Å². The summed E-state index contributed by atoms with van der Waals surface area (Å²) < 4.78 is 72.2. The molecule has 0 aromatic carbocycles. The van der Waals surface area contributed by atoms with Crippen molar-refractivity contribution in [3.8, 4) is 0 Å². The molecular weight excluding hydrogens is 403 g/mol. The lowest BCUT2D eigenvalue weighted by atomic mass is 9.89. The van der Waals surface area contributed by atoms with Gasteiger partial charge in [-0.05, 0) is 0 Å². The predicted octanol–water partition coefficient (Wildman–Crippen LogP) is -2.30. The smallest absolute Gasteiger partial charge is 0.399 e. The third kappa shape index (κ3) is 2.87. The van der Waals surface area contributed by atoms with Crippen molar-refractivity contribution in [2.45, 2.75) is 30.2 Å². The van der Waals surface area contributed by atoms with Crippen molar-refractivity contribution in [2.24, 2.45) is 5.73 Å². The van der Waals surface area contributed by atoms with Crippen LogP contribution in [0.2, 0.25) is 0 Å². The van der Waals surface area contributed by atoms with Crippen molar-refractivity contribution in [1.82, 2.24) is 9.55 Å². The van der Waals surface area contributed by atoms with Crippen molar-refractivity contribution in [3.05, 3.63) is 43.7 Å². The highest BCUT2D eigenvalue weighted by molar-refractivity contribution is 7.90.